The molecule has 0 unspecified atom stereocenters. The lowest BCUT2D eigenvalue weighted by Gasteiger charge is -2.09. The Bertz CT molecular complexity index is 556. The van der Waals surface area contributed by atoms with Crippen LogP contribution < -0.4 is 5.32 Å². The molecule has 3 rings (SSSR count). The molecular weight excluding hydrogens is 232 g/mol. The van der Waals surface area contributed by atoms with Gasteiger partial charge in [-0.25, -0.2) is 0 Å². The zero-order chi connectivity index (χ0) is 12.9. The fraction of sp³-hybridized carbons (Fsp3) is 0.118. The molecule has 0 amide bonds. The first-order valence-corrected chi connectivity index (χ1v) is 6.54. The third kappa shape index (κ3) is 2.74. The topological polar surface area (TPSA) is 24.4 Å². The van der Waals surface area contributed by atoms with E-state index >= 15 is 0 Å². The second kappa shape index (κ2) is 5.53. The Hall–Kier alpha value is -2.35. The van der Waals surface area contributed by atoms with E-state index < -0.39 is 0 Å². The minimum absolute atomic E-state index is 0.864. The van der Waals surface area contributed by atoms with Crippen molar-refractivity contribution in [1.29, 1.82) is 0 Å². The van der Waals surface area contributed by atoms with Gasteiger partial charge in [0.25, 0.3) is 0 Å². The molecule has 0 atom stereocenters. The van der Waals surface area contributed by atoms with Crippen LogP contribution in [0.1, 0.15) is 11.1 Å². The Morgan fingerprint density at radius 1 is 0.895 bits per heavy atom. The van der Waals surface area contributed by atoms with Crippen LogP contribution in [0.4, 0.5) is 0 Å². The van der Waals surface area contributed by atoms with Crippen LogP contribution >= 0.6 is 0 Å². The van der Waals surface area contributed by atoms with Crippen LogP contribution in [0.2, 0.25) is 0 Å². The predicted molar refractivity (Wildman–Crippen MR) is 80.3 cm³/mol. The van der Waals surface area contributed by atoms with Crippen LogP contribution in [-0.4, -0.2) is 18.9 Å². The Morgan fingerprint density at radius 2 is 1.47 bits per heavy atom. The number of rotatable bonds is 3. The molecule has 94 valence electrons. The number of nitrogens with zero attached hydrogens (tertiary/aromatic N) is 1. The second-order valence-electron chi connectivity index (χ2n) is 4.48. The van der Waals surface area contributed by atoms with E-state index in [1.165, 1.54) is 16.7 Å². The molecule has 0 radical (unpaired) electrons. The van der Waals surface area contributed by atoms with Crippen LogP contribution in [0.3, 0.4) is 0 Å². The number of nitrogens with one attached hydrogen (secondary N) is 1. The molecular formula is C17H16N2. The lowest BCUT2D eigenvalue weighted by molar-refractivity contribution is 0.961. The summed E-state index contributed by atoms with van der Waals surface area (Å²) in [6.45, 7) is 1.80. The summed E-state index contributed by atoms with van der Waals surface area (Å²) < 4.78 is 0. The normalized spacial score (nSPS) is 13.6. The highest BCUT2D eigenvalue weighted by Crippen LogP contribution is 2.23. The molecule has 2 heteroatoms. The molecule has 2 aromatic rings. The SMILES string of the molecule is C(=C(c1ccccc1)c1ccccc1)C1=NCCN1. The maximum atomic E-state index is 4.46. The fourth-order valence-corrected chi connectivity index (χ4v) is 2.22. The van der Waals surface area contributed by atoms with Gasteiger partial charge in [0.05, 0.1) is 6.54 Å². The van der Waals surface area contributed by atoms with Crippen LogP contribution in [0.15, 0.2) is 71.7 Å². The largest absolute Gasteiger partial charge is 0.369 e. The van der Waals surface area contributed by atoms with Gasteiger partial charge in [-0.2, -0.15) is 0 Å². The second-order valence-corrected chi connectivity index (χ2v) is 4.48. The van der Waals surface area contributed by atoms with Gasteiger partial charge >= 0.3 is 0 Å². The minimum Gasteiger partial charge on any atom is -0.369 e. The highest BCUT2D eigenvalue weighted by molar-refractivity contribution is 6.03. The highest BCUT2D eigenvalue weighted by Gasteiger charge is 2.08. The third-order valence-electron chi connectivity index (χ3n) is 3.15. The van der Waals surface area contributed by atoms with E-state index in [9.17, 15) is 0 Å². The predicted octanol–water partition coefficient (Wildman–Crippen LogP) is 3.12. The number of aliphatic imine (C=N–C) groups is 1. The monoisotopic (exact) mass is 248 g/mol. The molecule has 1 heterocycles. The van der Waals surface area contributed by atoms with Crippen LogP contribution in [0.25, 0.3) is 5.57 Å². The zero-order valence-corrected chi connectivity index (χ0v) is 10.7. The maximum Gasteiger partial charge on any atom is 0.121 e. The lowest BCUT2D eigenvalue weighted by Crippen LogP contribution is -2.16. The Kier molecular flexibility index (Phi) is 3.41. The fourth-order valence-electron chi connectivity index (χ4n) is 2.22. The van der Waals surface area contributed by atoms with E-state index in [4.69, 9.17) is 0 Å². The standard InChI is InChI=1S/C17H16N2/c1-3-7-14(8-4-1)16(13-17-18-11-12-19-17)15-9-5-2-6-10-15/h1-10,13H,11-12H2,(H,18,19). The van der Waals surface area contributed by atoms with Gasteiger partial charge in [0, 0.05) is 6.54 Å². The number of amidine groups is 1. The summed E-state index contributed by atoms with van der Waals surface area (Å²) in [4.78, 5) is 4.46. The first-order chi connectivity index (χ1) is 9.43. The van der Waals surface area contributed by atoms with Crippen molar-refractivity contribution >= 4 is 11.4 Å². The molecule has 2 nitrogen and oxygen atoms in total. The van der Waals surface area contributed by atoms with Gasteiger partial charge in [-0.15, -0.1) is 0 Å². The molecule has 0 fully saturated rings. The molecule has 1 N–H and O–H groups in total. The average Bonchev–Trinajstić information content (AvgIpc) is 3.00. The molecule has 19 heavy (non-hydrogen) atoms. The highest BCUT2D eigenvalue weighted by atomic mass is 15.1. The average molecular weight is 248 g/mol. The minimum atomic E-state index is 0.864. The van der Waals surface area contributed by atoms with Gasteiger partial charge in [0.15, 0.2) is 0 Å². The van der Waals surface area contributed by atoms with Gasteiger partial charge < -0.3 is 5.32 Å². The molecule has 0 bridgehead atoms. The summed E-state index contributed by atoms with van der Waals surface area (Å²) in [6, 6.07) is 20.9. The first-order valence-electron chi connectivity index (χ1n) is 6.54. The van der Waals surface area contributed by atoms with Crippen molar-refractivity contribution in [3.8, 4) is 0 Å². The molecule has 1 aliphatic heterocycles. The van der Waals surface area contributed by atoms with Gasteiger partial charge in [0.2, 0.25) is 0 Å². The molecule has 0 spiro atoms. The molecule has 0 aromatic heterocycles. The van der Waals surface area contributed by atoms with E-state index in [1.54, 1.807) is 0 Å². The van der Waals surface area contributed by atoms with E-state index in [0.29, 0.717) is 0 Å². The van der Waals surface area contributed by atoms with Crippen molar-refractivity contribution in [2.45, 2.75) is 0 Å². The number of hydrogen-bond acceptors (Lipinski definition) is 2. The van der Waals surface area contributed by atoms with Gasteiger partial charge in [-0.3, -0.25) is 4.99 Å². The van der Waals surface area contributed by atoms with Crippen LogP contribution in [-0.2, 0) is 0 Å². The Morgan fingerprint density at radius 3 is 1.95 bits per heavy atom. The Labute approximate surface area is 113 Å². The lowest BCUT2D eigenvalue weighted by atomic mass is 9.97. The quantitative estimate of drug-likeness (QED) is 0.886. The molecule has 0 saturated heterocycles. The summed E-state index contributed by atoms with van der Waals surface area (Å²) in [6.07, 6.45) is 2.14. The van der Waals surface area contributed by atoms with Crippen molar-refractivity contribution in [2.24, 2.45) is 4.99 Å². The number of hydrogen-bond donors (Lipinski definition) is 1. The summed E-state index contributed by atoms with van der Waals surface area (Å²) in [5, 5.41) is 3.30. The third-order valence-corrected chi connectivity index (χ3v) is 3.15. The van der Waals surface area contributed by atoms with Crippen molar-refractivity contribution in [2.75, 3.05) is 13.1 Å². The first kappa shape index (κ1) is 11.7. The maximum absolute atomic E-state index is 4.46. The summed E-state index contributed by atoms with van der Waals surface area (Å²) in [5.74, 6) is 0.975. The molecule has 0 saturated carbocycles. The summed E-state index contributed by atoms with van der Waals surface area (Å²) in [7, 11) is 0. The van der Waals surface area contributed by atoms with Crippen molar-refractivity contribution in [3.63, 3.8) is 0 Å². The van der Waals surface area contributed by atoms with E-state index in [-0.39, 0.29) is 0 Å². The Balaban J connectivity index is 2.06. The molecule has 2 aromatic carbocycles. The van der Waals surface area contributed by atoms with Gasteiger partial charge in [-0.05, 0) is 22.8 Å². The smallest absolute Gasteiger partial charge is 0.121 e. The summed E-state index contributed by atoms with van der Waals surface area (Å²) >= 11 is 0. The van der Waals surface area contributed by atoms with Crippen molar-refractivity contribution < 1.29 is 0 Å². The molecule has 0 aliphatic carbocycles. The van der Waals surface area contributed by atoms with E-state index in [1.807, 2.05) is 12.1 Å². The van der Waals surface area contributed by atoms with Crippen LogP contribution in [0.5, 0.6) is 0 Å². The summed E-state index contributed by atoms with van der Waals surface area (Å²) in [5.41, 5.74) is 3.63. The van der Waals surface area contributed by atoms with Crippen LogP contribution in [0, 0.1) is 0 Å². The van der Waals surface area contributed by atoms with E-state index in [0.717, 1.165) is 18.9 Å². The number of benzene rings is 2. The van der Waals surface area contributed by atoms with Gasteiger partial charge in [0.1, 0.15) is 5.84 Å². The van der Waals surface area contributed by atoms with E-state index in [2.05, 4.69) is 64.9 Å². The van der Waals surface area contributed by atoms with Gasteiger partial charge in [-0.1, -0.05) is 60.7 Å². The zero-order valence-electron chi connectivity index (χ0n) is 10.7. The molecule has 1 aliphatic rings. The van der Waals surface area contributed by atoms with Crippen molar-refractivity contribution in [3.05, 3.63) is 77.9 Å². The van der Waals surface area contributed by atoms with Crippen molar-refractivity contribution in [1.82, 2.24) is 5.32 Å².